The summed E-state index contributed by atoms with van der Waals surface area (Å²) in [7, 11) is 1.08. The van der Waals surface area contributed by atoms with E-state index in [1.54, 1.807) is 0 Å². The highest BCUT2D eigenvalue weighted by molar-refractivity contribution is 7.16. The number of carbonyl (C=O) groups is 1. The van der Waals surface area contributed by atoms with Gasteiger partial charge in [-0.3, -0.25) is 0 Å². The molecule has 14 heavy (non-hydrogen) atoms. The maximum atomic E-state index is 12.2. The Labute approximate surface area is 81.3 Å². The Kier molecular flexibility index (Phi) is 2.70. The molecule has 0 saturated heterocycles. The summed E-state index contributed by atoms with van der Waals surface area (Å²) < 4.78 is 40.7. The lowest BCUT2D eigenvalue weighted by Gasteiger charge is -1.99. The summed E-state index contributed by atoms with van der Waals surface area (Å²) >= 11 is 0.317. The van der Waals surface area contributed by atoms with Crippen LogP contribution in [0.2, 0.25) is 0 Å². The molecule has 3 nitrogen and oxygen atoms in total. The average Bonchev–Trinajstić information content (AvgIpc) is 2.45. The molecule has 1 aromatic rings. The lowest BCUT2D eigenvalue weighted by molar-refractivity contribution is -0.134. The van der Waals surface area contributed by atoms with Gasteiger partial charge in [-0.2, -0.15) is 13.2 Å². The molecule has 0 unspecified atom stereocenters. The molecule has 1 heterocycles. The number of nitrogen functional groups attached to an aromatic ring is 1. The number of nitrogens with two attached hydrogens (primary N) is 1. The molecule has 2 N–H and O–H groups in total. The molecule has 1 rings (SSSR count). The zero-order valence-corrected chi connectivity index (χ0v) is 7.83. The van der Waals surface area contributed by atoms with Crippen LogP contribution in [-0.2, 0) is 10.9 Å². The normalized spacial score (nSPS) is 11.4. The molecule has 1 aromatic heterocycles. The number of alkyl halides is 3. The average molecular weight is 225 g/mol. The van der Waals surface area contributed by atoms with Crippen LogP contribution in [0, 0.1) is 0 Å². The highest BCUT2D eigenvalue weighted by Gasteiger charge is 2.34. The lowest BCUT2D eigenvalue weighted by Crippen LogP contribution is -2.03. The molecular weight excluding hydrogens is 219 g/mol. The van der Waals surface area contributed by atoms with E-state index in [1.165, 1.54) is 0 Å². The number of carbonyl (C=O) groups excluding carboxylic acids is 1. The molecule has 0 fully saturated rings. The van der Waals surface area contributed by atoms with Crippen molar-refractivity contribution in [3.63, 3.8) is 0 Å². The van der Waals surface area contributed by atoms with Crippen molar-refractivity contribution < 1.29 is 22.7 Å². The number of esters is 1. The minimum absolute atomic E-state index is 0.191. The molecule has 0 saturated carbocycles. The van der Waals surface area contributed by atoms with Gasteiger partial charge in [0.2, 0.25) is 0 Å². The van der Waals surface area contributed by atoms with E-state index in [-0.39, 0.29) is 10.6 Å². The Hall–Kier alpha value is -1.24. The number of anilines is 1. The molecule has 0 spiro atoms. The zero-order chi connectivity index (χ0) is 10.9. The smallest absolute Gasteiger partial charge is 0.425 e. The number of hydrogen-bond donors (Lipinski definition) is 1. The van der Waals surface area contributed by atoms with E-state index < -0.39 is 17.0 Å². The standard InChI is InChI=1S/C7H6F3NO2S/c1-13-6(12)3-2-4(7(8,9)10)14-5(3)11/h2H,11H2,1H3. The van der Waals surface area contributed by atoms with Crippen LogP contribution in [0.5, 0.6) is 0 Å². The van der Waals surface area contributed by atoms with Crippen molar-refractivity contribution in [2.45, 2.75) is 6.18 Å². The molecule has 78 valence electrons. The van der Waals surface area contributed by atoms with Crippen LogP contribution in [0.4, 0.5) is 18.2 Å². The molecule has 0 radical (unpaired) electrons. The number of ether oxygens (including phenoxy) is 1. The van der Waals surface area contributed by atoms with E-state index in [1.807, 2.05) is 0 Å². The van der Waals surface area contributed by atoms with Gasteiger partial charge in [-0.15, -0.1) is 11.3 Å². The van der Waals surface area contributed by atoms with Gasteiger partial charge in [0.05, 0.1) is 12.7 Å². The van der Waals surface area contributed by atoms with E-state index in [2.05, 4.69) is 4.74 Å². The third kappa shape index (κ3) is 1.98. The van der Waals surface area contributed by atoms with Gasteiger partial charge in [-0.1, -0.05) is 0 Å². The first-order valence-electron chi connectivity index (χ1n) is 3.41. The highest BCUT2D eigenvalue weighted by atomic mass is 32.1. The minimum atomic E-state index is -4.48. The molecular formula is C7H6F3NO2S. The Morgan fingerprint density at radius 1 is 1.57 bits per heavy atom. The van der Waals surface area contributed by atoms with Crippen LogP contribution < -0.4 is 5.73 Å². The van der Waals surface area contributed by atoms with Crippen LogP contribution in [0.3, 0.4) is 0 Å². The van der Waals surface area contributed by atoms with E-state index in [9.17, 15) is 18.0 Å². The van der Waals surface area contributed by atoms with Gasteiger partial charge in [0.1, 0.15) is 9.88 Å². The van der Waals surface area contributed by atoms with Crippen molar-refractivity contribution in [3.05, 3.63) is 16.5 Å². The van der Waals surface area contributed by atoms with E-state index in [0.717, 1.165) is 7.11 Å². The van der Waals surface area contributed by atoms with E-state index in [0.29, 0.717) is 17.4 Å². The third-order valence-corrected chi connectivity index (χ3v) is 2.45. The fraction of sp³-hybridized carbons (Fsp3) is 0.286. The number of hydrogen-bond acceptors (Lipinski definition) is 4. The second-order valence-corrected chi connectivity index (χ2v) is 3.46. The molecule has 0 aliphatic heterocycles. The summed E-state index contributed by atoms with van der Waals surface area (Å²) in [5, 5.41) is -0.191. The molecule has 0 aliphatic carbocycles. The van der Waals surface area contributed by atoms with Gasteiger partial charge in [0.15, 0.2) is 0 Å². The van der Waals surface area contributed by atoms with Gasteiger partial charge in [-0.05, 0) is 6.07 Å². The summed E-state index contributed by atoms with van der Waals surface area (Å²) in [6.07, 6.45) is -4.48. The summed E-state index contributed by atoms with van der Waals surface area (Å²) in [4.78, 5) is 10.0. The largest absolute Gasteiger partial charge is 0.465 e. The van der Waals surface area contributed by atoms with Gasteiger partial charge < -0.3 is 10.5 Å². The topological polar surface area (TPSA) is 52.3 Å². The van der Waals surface area contributed by atoms with Gasteiger partial charge in [-0.25, -0.2) is 4.79 Å². The fourth-order valence-corrected chi connectivity index (χ4v) is 1.60. The monoisotopic (exact) mass is 225 g/mol. The van der Waals surface area contributed by atoms with Gasteiger partial charge in [0.25, 0.3) is 0 Å². The highest BCUT2D eigenvalue weighted by Crippen LogP contribution is 2.38. The first-order chi connectivity index (χ1) is 6.36. The summed E-state index contributed by atoms with van der Waals surface area (Å²) in [5.41, 5.74) is 4.99. The maximum Gasteiger partial charge on any atom is 0.425 e. The predicted molar refractivity (Wildman–Crippen MR) is 45.1 cm³/mol. The summed E-state index contributed by atoms with van der Waals surface area (Å²) in [6, 6.07) is 0.686. The number of rotatable bonds is 1. The molecule has 0 atom stereocenters. The van der Waals surface area contributed by atoms with Crippen LogP contribution in [0.25, 0.3) is 0 Å². The first kappa shape index (κ1) is 10.8. The lowest BCUT2D eigenvalue weighted by atomic mass is 10.3. The van der Waals surface area contributed by atoms with Crippen LogP contribution >= 0.6 is 11.3 Å². The van der Waals surface area contributed by atoms with E-state index in [4.69, 9.17) is 5.73 Å². The quantitative estimate of drug-likeness (QED) is 0.745. The third-order valence-electron chi connectivity index (χ3n) is 1.45. The van der Waals surface area contributed by atoms with Crippen molar-refractivity contribution in [1.29, 1.82) is 0 Å². The summed E-state index contributed by atoms with van der Waals surface area (Å²) in [5.74, 6) is -0.866. The van der Waals surface area contributed by atoms with Crippen LogP contribution in [0.15, 0.2) is 6.07 Å². The zero-order valence-electron chi connectivity index (χ0n) is 7.01. The Bertz CT molecular complexity index is 358. The Morgan fingerprint density at radius 3 is 2.50 bits per heavy atom. The number of thiophene rings is 1. The first-order valence-corrected chi connectivity index (χ1v) is 4.22. The second-order valence-electron chi connectivity index (χ2n) is 2.38. The Balaban J connectivity index is 3.12. The van der Waals surface area contributed by atoms with Crippen molar-refractivity contribution >= 4 is 22.3 Å². The van der Waals surface area contributed by atoms with Crippen molar-refractivity contribution in [3.8, 4) is 0 Å². The van der Waals surface area contributed by atoms with Gasteiger partial charge in [0, 0.05) is 0 Å². The van der Waals surface area contributed by atoms with Gasteiger partial charge >= 0.3 is 12.1 Å². The maximum absolute atomic E-state index is 12.2. The predicted octanol–water partition coefficient (Wildman–Crippen LogP) is 2.14. The second kappa shape index (κ2) is 3.49. The fourth-order valence-electron chi connectivity index (χ4n) is 0.814. The number of methoxy groups -OCH3 is 1. The SMILES string of the molecule is COC(=O)c1cc(C(F)(F)F)sc1N. The number of halogens is 3. The molecule has 7 heteroatoms. The van der Waals surface area contributed by atoms with Crippen LogP contribution in [-0.4, -0.2) is 13.1 Å². The van der Waals surface area contributed by atoms with Crippen molar-refractivity contribution in [2.75, 3.05) is 12.8 Å². The Morgan fingerprint density at radius 2 is 2.14 bits per heavy atom. The molecule has 0 amide bonds. The summed E-state index contributed by atoms with van der Waals surface area (Å²) in [6.45, 7) is 0. The minimum Gasteiger partial charge on any atom is -0.465 e. The van der Waals surface area contributed by atoms with E-state index >= 15 is 0 Å². The molecule has 0 aliphatic rings. The van der Waals surface area contributed by atoms with Crippen molar-refractivity contribution in [2.24, 2.45) is 0 Å². The van der Waals surface area contributed by atoms with Crippen molar-refractivity contribution in [1.82, 2.24) is 0 Å². The molecule has 0 bridgehead atoms. The van der Waals surface area contributed by atoms with Crippen LogP contribution in [0.1, 0.15) is 15.2 Å². The molecule has 0 aromatic carbocycles.